The molecule has 0 amide bonds. The molecule has 0 aliphatic heterocycles. The summed E-state index contributed by atoms with van der Waals surface area (Å²) in [7, 11) is 1.78. The van der Waals surface area contributed by atoms with Crippen molar-refractivity contribution in [1.82, 2.24) is 24.7 Å². The van der Waals surface area contributed by atoms with E-state index in [2.05, 4.69) is 25.4 Å². The van der Waals surface area contributed by atoms with Crippen LogP contribution in [-0.4, -0.2) is 24.7 Å². The van der Waals surface area contributed by atoms with Gasteiger partial charge in [-0.2, -0.15) is 18.3 Å². The Hall–Kier alpha value is -3.95. The fraction of sp³-hybridized carbons (Fsp3) is 0.143. The van der Waals surface area contributed by atoms with Gasteiger partial charge in [0.15, 0.2) is 5.69 Å². The molecule has 0 atom stereocenters. The van der Waals surface area contributed by atoms with E-state index >= 15 is 0 Å². The summed E-state index contributed by atoms with van der Waals surface area (Å²) in [6.45, 7) is 1.81. The number of H-pyrrole nitrogens is 1. The molecule has 4 aromatic heterocycles. The second-order valence-corrected chi connectivity index (χ2v) is 6.96. The van der Waals surface area contributed by atoms with Gasteiger partial charge in [-0.25, -0.2) is 4.98 Å². The van der Waals surface area contributed by atoms with Gasteiger partial charge < -0.3 is 10.3 Å². The molecule has 7 nitrogen and oxygen atoms in total. The van der Waals surface area contributed by atoms with Crippen LogP contribution in [0.4, 0.5) is 24.7 Å². The van der Waals surface area contributed by atoms with Gasteiger partial charge in [-0.1, -0.05) is 0 Å². The average molecular weight is 426 g/mol. The molecule has 2 N–H and O–H groups in total. The minimum Gasteiger partial charge on any atom is -0.338 e. The zero-order valence-electron chi connectivity index (χ0n) is 16.5. The van der Waals surface area contributed by atoms with E-state index < -0.39 is 17.4 Å². The topological polar surface area (TPSA) is 88.5 Å². The van der Waals surface area contributed by atoms with Crippen LogP contribution in [0, 0.1) is 6.92 Å². The van der Waals surface area contributed by atoms with E-state index in [-0.39, 0.29) is 11.3 Å². The van der Waals surface area contributed by atoms with Crippen LogP contribution in [-0.2, 0) is 13.2 Å². The maximum atomic E-state index is 13.4. The molecule has 4 rings (SSSR count). The molecule has 10 heteroatoms. The fourth-order valence-electron chi connectivity index (χ4n) is 3.23. The van der Waals surface area contributed by atoms with Crippen molar-refractivity contribution in [1.29, 1.82) is 0 Å². The van der Waals surface area contributed by atoms with Crippen molar-refractivity contribution in [3.63, 3.8) is 0 Å². The van der Waals surface area contributed by atoms with E-state index in [1.807, 2.05) is 6.92 Å². The van der Waals surface area contributed by atoms with Gasteiger partial charge in [0.05, 0.1) is 17.6 Å². The van der Waals surface area contributed by atoms with Crippen molar-refractivity contribution in [2.75, 3.05) is 5.32 Å². The van der Waals surface area contributed by atoms with Gasteiger partial charge >= 0.3 is 6.18 Å². The third-order valence-corrected chi connectivity index (χ3v) is 4.60. The highest BCUT2D eigenvalue weighted by molar-refractivity contribution is 5.75. The van der Waals surface area contributed by atoms with Gasteiger partial charge in [0, 0.05) is 37.3 Å². The molecule has 0 aromatic carbocycles. The summed E-state index contributed by atoms with van der Waals surface area (Å²) >= 11 is 0. The van der Waals surface area contributed by atoms with Crippen LogP contribution >= 0.6 is 0 Å². The third-order valence-electron chi connectivity index (χ3n) is 4.60. The predicted octanol–water partition coefficient (Wildman–Crippen LogP) is 4.30. The smallest absolute Gasteiger partial charge is 0.338 e. The number of rotatable bonds is 4. The quantitative estimate of drug-likeness (QED) is 0.508. The zero-order valence-corrected chi connectivity index (χ0v) is 16.5. The molecule has 0 bridgehead atoms. The van der Waals surface area contributed by atoms with Gasteiger partial charge in [-0.3, -0.25) is 14.5 Å². The molecule has 0 aliphatic carbocycles. The number of hydrogen-bond acceptors (Lipinski definition) is 5. The van der Waals surface area contributed by atoms with Gasteiger partial charge in [-0.15, -0.1) is 0 Å². The normalized spacial score (nSPS) is 11.5. The van der Waals surface area contributed by atoms with E-state index in [9.17, 15) is 18.0 Å². The Kier molecular flexibility index (Phi) is 5.05. The molecule has 158 valence electrons. The van der Waals surface area contributed by atoms with Crippen LogP contribution in [0.25, 0.3) is 22.4 Å². The van der Waals surface area contributed by atoms with Crippen LogP contribution in [0.15, 0.2) is 59.9 Å². The average Bonchev–Trinajstić information content (AvgIpc) is 3.13. The minimum absolute atomic E-state index is 0.0286. The molecule has 4 aromatic rings. The predicted molar refractivity (Wildman–Crippen MR) is 110 cm³/mol. The highest BCUT2D eigenvalue weighted by Crippen LogP contribution is 2.35. The summed E-state index contributed by atoms with van der Waals surface area (Å²) in [6.07, 6.45) is 1.44. The van der Waals surface area contributed by atoms with E-state index in [4.69, 9.17) is 0 Å². The number of aromatic amines is 1. The summed E-state index contributed by atoms with van der Waals surface area (Å²) in [5.41, 5.74) is 0.846. The van der Waals surface area contributed by atoms with Crippen molar-refractivity contribution in [3.05, 3.63) is 76.7 Å². The maximum Gasteiger partial charge on any atom is 0.434 e. The van der Waals surface area contributed by atoms with E-state index in [1.165, 1.54) is 24.3 Å². The second kappa shape index (κ2) is 7.71. The van der Waals surface area contributed by atoms with E-state index in [0.717, 1.165) is 17.4 Å². The molecular formula is C21H17F3N6O. The number of anilines is 2. The van der Waals surface area contributed by atoms with Crippen LogP contribution in [0.5, 0.6) is 0 Å². The molecule has 0 fully saturated rings. The number of nitrogens with one attached hydrogen (secondary N) is 2. The van der Waals surface area contributed by atoms with Gasteiger partial charge in [-0.05, 0) is 47.9 Å². The molecule has 0 spiro atoms. The monoisotopic (exact) mass is 426 g/mol. The number of hydrogen-bond donors (Lipinski definition) is 2. The number of alkyl halides is 3. The van der Waals surface area contributed by atoms with Gasteiger partial charge in [0.25, 0.3) is 0 Å². The van der Waals surface area contributed by atoms with Crippen molar-refractivity contribution in [2.45, 2.75) is 13.1 Å². The maximum absolute atomic E-state index is 13.4. The first-order chi connectivity index (χ1) is 14.7. The summed E-state index contributed by atoms with van der Waals surface area (Å²) in [4.78, 5) is 22.6. The summed E-state index contributed by atoms with van der Waals surface area (Å²) in [6, 6.07) is 7.24. The van der Waals surface area contributed by atoms with Crippen molar-refractivity contribution in [3.8, 4) is 22.4 Å². The Morgan fingerprint density at radius 3 is 2.61 bits per heavy atom. The largest absolute Gasteiger partial charge is 0.434 e. The Bertz CT molecular complexity index is 1310. The Morgan fingerprint density at radius 2 is 1.90 bits per heavy atom. The molecule has 0 unspecified atom stereocenters. The highest BCUT2D eigenvalue weighted by Gasteiger charge is 2.35. The van der Waals surface area contributed by atoms with E-state index in [1.54, 1.807) is 36.4 Å². The first kappa shape index (κ1) is 20.3. The standard InChI is InChI=1S/C21H17F3N6O/c1-12-9-26-18(28-14-10-27-30(2)11-14)8-16(12)13-6-17(29-19(31)7-13)15-4-3-5-25-20(15)21(22,23)24/h3-11H,1-2H3,(H,26,28)(H,29,31). The van der Waals surface area contributed by atoms with Crippen LogP contribution < -0.4 is 10.9 Å². The number of halogens is 3. The summed E-state index contributed by atoms with van der Waals surface area (Å²) < 4.78 is 41.8. The molecule has 4 heterocycles. The van der Waals surface area contributed by atoms with Crippen LogP contribution in [0.2, 0.25) is 0 Å². The second-order valence-electron chi connectivity index (χ2n) is 6.96. The van der Waals surface area contributed by atoms with E-state index in [0.29, 0.717) is 16.9 Å². The SMILES string of the molecule is Cc1cnc(Nc2cnn(C)c2)cc1-c1cc(-c2cccnc2C(F)(F)F)[nH]c(=O)c1. The third kappa shape index (κ3) is 4.32. The molecule has 31 heavy (non-hydrogen) atoms. The molecular weight excluding hydrogens is 409 g/mol. The lowest BCUT2D eigenvalue weighted by atomic mass is 10.00. The molecule has 0 radical (unpaired) electrons. The van der Waals surface area contributed by atoms with Crippen molar-refractivity contribution < 1.29 is 13.2 Å². The molecule has 0 saturated heterocycles. The lowest BCUT2D eigenvalue weighted by molar-refractivity contribution is -0.140. The fourth-order valence-corrected chi connectivity index (χ4v) is 3.23. The van der Waals surface area contributed by atoms with Crippen LogP contribution in [0.3, 0.4) is 0 Å². The Labute approximate surface area is 174 Å². The number of pyridine rings is 3. The number of nitrogens with zero attached hydrogens (tertiary/aromatic N) is 4. The Morgan fingerprint density at radius 1 is 1.10 bits per heavy atom. The number of aryl methyl sites for hydroxylation is 2. The molecule has 0 saturated carbocycles. The van der Waals surface area contributed by atoms with Gasteiger partial charge in [0.2, 0.25) is 5.56 Å². The lowest BCUT2D eigenvalue weighted by Gasteiger charge is -2.13. The zero-order chi connectivity index (χ0) is 22.2. The first-order valence-corrected chi connectivity index (χ1v) is 9.20. The summed E-state index contributed by atoms with van der Waals surface area (Å²) in [5, 5.41) is 7.19. The van der Waals surface area contributed by atoms with Crippen molar-refractivity contribution >= 4 is 11.5 Å². The Balaban J connectivity index is 1.80. The number of aromatic nitrogens is 5. The minimum atomic E-state index is -4.66. The lowest BCUT2D eigenvalue weighted by Crippen LogP contribution is -2.12. The van der Waals surface area contributed by atoms with Crippen molar-refractivity contribution in [2.24, 2.45) is 7.05 Å². The highest BCUT2D eigenvalue weighted by atomic mass is 19.4. The summed E-state index contributed by atoms with van der Waals surface area (Å²) in [5.74, 6) is 0.507. The van der Waals surface area contributed by atoms with Gasteiger partial charge in [0.1, 0.15) is 5.82 Å². The first-order valence-electron chi connectivity index (χ1n) is 9.20. The molecule has 0 aliphatic rings. The van der Waals surface area contributed by atoms with Crippen LogP contribution in [0.1, 0.15) is 11.3 Å².